The summed E-state index contributed by atoms with van der Waals surface area (Å²) in [4.78, 5) is 3.96. The quantitative estimate of drug-likeness (QED) is 0.428. The zero-order valence-corrected chi connectivity index (χ0v) is 17.1. The molecule has 0 spiro atoms. The number of hydrogen-bond acceptors (Lipinski definition) is 7. The number of hydrogen-bond donors (Lipinski definition) is 1. The third-order valence-electron chi connectivity index (χ3n) is 4.11. The Morgan fingerprint density at radius 1 is 0.903 bits per heavy atom. The predicted molar refractivity (Wildman–Crippen MR) is 115 cm³/mol. The summed E-state index contributed by atoms with van der Waals surface area (Å²) in [5.41, 5.74) is 0.425. The van der Waals surface area contributed by atoms with Crippen LogP contribution in [0.15, 0.2) is 85.5 Å². The average Bonchev–Trinajstić information content (AvgIpc) is 3.31. The van der Waals surface area contributed by atoms with Crippen LogP contribution in [0.2, 0.25) is 0 Å². The van der Waals surface area contributed by atoms with E-state index >= 15 is 0 Å². The van der Waals surface area contributed by atoms with Crippen LogP contribution in [0.3, 0.4) is 0 Å². The number of rotatable bonds is 9. The Morgan fingerprint density at radius 3 is 2.39 bits per heavy atom. The Labute approximate surface area is 179 Å². The van der Waals surface area contributed by atoms with E-state index in [1.54, 1.807) is 71.8 Å². The van der Waals surface area contributed by atoms with Gasteiger partial charge in [-0.1, -0.05) is 18.2 Å². The van der Waals surface area contributed by atoms with Crippen LogP contribution in [-0.4, -0.2) is 40.5 Å². The van der Waals surface area contributed by atoms with Crippen molar-refractivity contribution in [2.75, 3.05) is 17.1 Å². The van der Waals surface area contributed by atoms with E-state index in [-0.39, 0.29) is 12.4 Å². The van der Waals surface area contributed by atoms with Gasteiger partial charge in [0, 0.05) is 24.1 Å². The van der Waals surface area contributed by atoms with Crippen molar-refractivity contribution in [3.63, 3.8) is 0 Å². The lowest BCUT2D eigenvalue weighted by Gasteiger charge is -2.10. The number of ether oxygens (including phenoxy) is 2. The molecule has 2 heterocycles. The summed E-state index contributed by atoms with van der Waals surface area (Å²) >= 11 is 0. The van der Waals surface area contributed by atoms with Gasteiger partial charge in [-0.25, -0.2) is 13.4 Å². The Kier molecular flexibility index (Phi) is 6.08. The molecule has 4 aromatic rings. The van der Waals surface area contributed by atoms with Crippen molar-refractivity contribution < 1.29 is 17.9 Å². The van der Waals surface area contributed by atoms with E-state index in [9.17, 15) is 8.42 Å². The summed E-state index contributed by atoms with van der Waals surface area (Å²) < 4.78 is 39.8. The monoisotopic (exact) mass is 437 g/mol. The fourth-order valence-corrected chi connectivity index (χ4v) is 3.53. The molecule has 0 radical (unpaired) electrons. The lowest BCUT2D eigenvalue weighted by Crippen LogP contribution is -2.21. The van der Waals surface area contributed by atoms with Crippen LogP contribution >= 0.6 is 0 Å². The second-order valence-electron chi connectivity index (χ2n) is 6.41. The third-order valence-corrected chi connectivity index (χ3v) is 5.36. The third kappa shape index (κ3) is 5.80. The molecule has 10 heteroatoms. The summed E-state index contributed by atoms with van der Waals surface area (Å²) in [6, 6.07) is 19.0. The number of benzene rings is 2. The molecule has 0 saturated heterocycles. The lowest BCUT2D eigenvalue weighted by atomic mass is 10.3. The van der Waals surface area contributed by atoms with Gasteiger partial charge in [0.2, 0.25) is 15.9 Å². The normalized spacial score (nSPS) is 11.1. The molecule has 0 amide bonds. The van der Waals surface area contributed by atoms with Gasteiger partial charge < -0.3 is 9.47 Å². The van der Waals surface area contributed by atoms with Crippen LogP contribution in [-0.2, 0) is 10.0 Å². The molecule has 31 heavy (non-hydrogen) atoms. The maximum Gasteiger partial charge on any atom is 0.238 e. The van der Waals surface area contributed by atoms with Crippen molar-refractivity contribution in [1.29, 1.82) is 0 Å². The van der Waals surface area contributed by atoms with E-state index in [4.69, 9.17) is 9.47 Å². The topological polar surface area (TPSA) is 108 Å². The highest BCUT2D eigenvalue weighted by molar-refractivity contribution is 7.92. The standard InChI is InChI=1S/C21H19N5O4S/c27-31(28,15-14-29-18-4-2-1-3-5-18)25-17-6-8-19(9-7-17)30-21-11-10-20(23-24-21)26-13-12-22-16-26/h1-13,16,25H,14-15H2. The zero-order chi connectivity index (χ0) is 21.5. The van der Waals surface area contributed by atoms with Crippen molar-refractivity contribution in [3.05, 3.63) is 85.5 Å². The molecular formula is C21H19N5O4S. The molecule has 0 aliphatic carbocycles. The Hall–Kier alpha value is -3.92. The number of sulfonamides is 1. The summed E-state index contributed by atoms with van der Waals surface area (Å²) in [7, 11) is -3.55. The van der Waals surface area contributed by atoms with E-state index < -0.39 is 10.0 Å². The molecule has 0 fully saturated rings. The maximum absolute atomic E-state index is 12.2. The number of para-hydroxylation sites is 1. The molecule has 1 N–H and O–H groups in total. The van der Waals surface area contributed by atoms with Crippen molar-refractivity contribution in [3.8, 4) is 23.2 Å². The molecule has 0 unspecified atom stereocenters. The minimum absolute atomic E-state index is 0.0499. The van der Waals surface area contributed by atoms with Gasteiger partial charge in [0.05, 0.1) is 0 Å². The largest absolute Gasteiger partial charge is 0.492 e. The minimum atomic E-state index is -3.55. The van der Waals surface area contributed by atoms with Crippen molar-refractivity contribution >= 4 is 15.7 Å². The van der Waals surface area contributed by atoms with E-state index in [1.165, 1.54) is 0 Å². The Morgan fingerprint density at radius 2 is 1.71 bits per heavy atom. The van der Waals surface area contributed by atoms with Crippen molar-refractivity contribution in [1.82, 2.24) is 19.7 Å². The van der Waals surface area contributed by atoms with Crippen LogP contribution < -0.4 is 14.2 Å². The second kappa shape index (κ2) is 9.26. The number of anilines is 1. The molecule has 2 aromatic carbocycles. The highest BCUT2D eigenvalue weighted by atomic mass is 32.2. The number of nitrogens with one attached hydrogen (secondary N) is 1. The van der Waals surface area contributed by atoms with Gasteiger partial charge in [0.15, 0.2) is 5.82 Å². The molecule has 4 rings (SSSR count). The molecular weight excluding hydrogens is 418 g/mol. The Bertz CT molecular complexity index is 1200. The molecule has 9 nitrogen and oxygen atoms in total. The smallest absolute Gasteiger partial charge is 0.238 e. The first-order valence-corrected chi connectivity index (χ1v) is 11.0. The average molecular weight is 437 g/mol. The maximum atomic E-state index is 12.2. The highest BCUT2D eigenvalue weighted by Gasteiger charge is 2.11. The number of imidazole rings is 1. The van der Waals surface area contributed by atoms with Crippen LogP contribution in [0.1, 0.15) is 0 Å². The number of nitrogens with zero attached hydrogens (tertiary/aromatic N) is 4. The predicted octanol–water partition coefficient (Wildman–Crippen LogP) is 3.28. The molecule has 2 aromatic heterocycles. The zero-order valence-electron chi connectivity index (χ0n) is 16.3. The lowest BCUT2D eigenvalue weighted by molar-refractivity contribution is 0.341. The first-order valence-electron chi connectivity index (χ1n) is 9.36. The van der Waals surface area contributed by atoms with E-state index in [0.717, 1.165) is 0 Å². The van der Waals surface area contributed by atoms with Gasteiger partial charge in [-0.2, -0.15) is 0 Å². The van der Waals surface area contributed by atoms with Gasteiger partial charge in [0.25, 0.3) is 0 Å². The number of aromatic nitrogens is 4. The molecule has 0 aliphatic rings. The van der Waals surface area contributed by atoms with E-state index in [1.807, 2.05) is 18.2 Å². The summed E-state index contributed by atoms with van der Waals surface area (Å²) in [5.74, 6) is 1.89. The summed E-state index contributed by atoms with van der Waals surface area (Å²) in [5, 5.41) is 8.10. The minimum Gasteiger partial charge on any atom is -0.492 e. The second-order valence-corrected chi connectivity index (χ2v) is 8.25. The first-order chi connectivity index (χ1) is 15.1. The molecule has 0 atom stereocenters. The fourth-order valence-electron chi connectivity index (χ4n) is 2.63. The molecule has 0 bridgehead atoms. The SMILES string of the molecule is O=S(=O)(CCOc1ccccc1)Nc1ccc(Oc2ccc(-n3ccnc3)nn2)cc1. The van der Waals surface area contributed by atoms with E-state index in [2.05, 4.69) is 19.9 Å². The van der Waals surface area contributed by atoms with Gasteiger partial charge in [-0.3, -0.25) is 9.29 Å². The summed E-state index contributed by atoms with van der Waals surface area (Å²) in [6.07, 6.45) is 5.04. The highest BCUT2D eigenvalue weighted by Crippen LogP contribution is 2.22. The van der Waals surface area contributed by atoms with Gasteiger partial charge in [-0.15, -0.1) is 10.2 Å². The van der Waals surface area contributed by atoms with Crippen molar-refractivity contribution in [2.45, 2.75) is 0 Å². The van der Waals surface area contributed by atoms with Crippen LogP contribution in [0.25, 0.3) is 5.82 Å². The van der Waals surface area contributed by atoms with Gasteiger partial charge in [0.1, 0.15) is 30.2 Å². The van der Waals surface area contributed by atoms with Crippen LogP contribution in [0.5, 0.6) is 17.4 Å². The molecule has 158 valence electrons. The van der Waals surface area contributed by atoms with Gasteiger partial charge >= 0.3 is 0 Å². The van der Waals surface area contributed by atoms with Crippen LogP contribution in [0, 0.1) is 0 Å². The Balaban J connectivity index is 1.30. The fraction of sp³-hybridized carbons (Fsp3) is 0.0952. The summed E-state index contributed by atoms with van der Waals surface area (Å²) in [6.45, 7) is 0.0499. The first kappa shape index (κ1) is 20.4. The van der Waals surface area contributed by atoms with Crippen LogP contribution in [0.4, 0.5) is 5.69 Å². The van der Waals surface area contributed by atoms with Crippen molar-refractivity contribution in [2.24, 2.45) is 0 Å². The molecule has 0 aliphatic heterocycles. The molecule has 0 saturated carbocycles. The van der Waals surface area contributed by atoms with E-state index in [0.29, 0.717) is 28.9 Å². The van der Waals surface area contributed by atoms with Gasteiger partial charge in [-0.05, 0) is 42.5 Å².